The third-order valence-electron chi connectivity index (χ3n) is 6.67. The zero-order chi connectivity index (χ0) is 23.7. The van der Waals surface area contributed by atoms with Gasteiger partial charge < -0.3 is 9.47 Å². The molecule has 5 heteroatoms. The van der Waals surface area contributed by atoms with Crippen LogP contribution in [0.15, 0.2) is 66.7 Å². The number of carbonyl (C=O) groups is 1. The first-order valence-corrected chi connectivity index (χ1v) is 12.0. The van der Waals surface area contributed by atoms with Crippen molar-refractivity contribution in [3.8, 4) is 0 Å². The molecule has 1 aromatic heterocycles. The van der Waals surface area contributed by atoms with Crippen LogP contribution in [0, 0.1) is 11.6 Å². The van der Waals surface area contributed by atoms with Gasteiger partial charge in [-0.1, -0.05) is 43.7 Å². The second kappa shape index (κ2) is 9.41. The zero-order valence-electron chi connectivity index (χ0n) is 19.4. The molecule has 4 aromatic rings. The van der Waals surface area contributed by atoms with Crippen molar-refractivity contribution in [3.05, 3.63) is 106 Å². The average Bonchev–Trinajstić information content (AvgIpc) is 3.13. The smallest absolute Gasteiger partial charge is 0.271 e. The molecule has 3 aromatic carbocycles. The number of aromatic nitrogens is 1. The van der Waals surface area contributed by atoms with E-state index in [1.807, 2.05) is 16.7 Å². The quantitative estimate of drug-likeness (QED) is 0.310. The van der Waals surface area contributed by atoms with Gasteiger partial charge in [-0.15, -0.1) is 0 Å². The third-order valence-corrected chi connectivity index (χ3v) is 6.67. The van der Waals surface area contributed by atoms with E-state index in [-0.39, 0.29) is 17.5 Å². The minimum absolute atomic E-state index is 0.0618. The van der Waals surface area contributed by atoms with Crippen molar-refractivity contribution in [2.24, 2.45) is 0 Å². The molecule has 0 aliphatic carbocycles. The third kappa shape index (κ3) is 4.35. The molecule has 0 saturated heterocycles. The predicted molar refractivity (Wildman–Crippen MR) is 131 cm³/mol. The lowest BCUT2D eigenvalue weighted by atomic mass is 9.99. The Hall–Kier alpha value is -3.47. The first kappa shape index (κ1) is 22.3. The first-order chi connectivity index (χ1) is 16.5. The van der Waals surface area contributed by atoms with Gasteiger partial charge >= 0.3 is 0 Å². The maximum absolute atomic E-state index is 13.9. The van der Waals surface area contributed by atoms with Gasteiger partial charge in [-0.3, -0.25) is 4.79 Å². The molecule has 0 bridgehead atoms. The fraction of sp³-hybridized carbons (Fsp3) is 0.276. The summed E-state index contributed by atoms with van der Waals surface area (Å²) in [6, 6.07) is 19.4. The number of halogens is 2. The molecule has 1 aliphatic rings. The van der Waals surface area contributed by atoms with Crippen molar-refractivity contribution in [2.75, 3.05) is 6.54 Å². The molecule has 1 aliphatic heterocycles. The molecule has 0 unspecified atom stereocenters. The van der Waals surface area contributed by atoms with E-state index < -0.39 is 0 Å². The minimum Gasteiger partial charge on any atom is -0.333 e. The van der Waals surface area contributed by atoms with E-state index in [2.05, 4.69) is 25.1 Å². The van der Waals surface area contributed by atoms with E-state index in [1.165, 1.54) is 29.8 Å². The molecule has 3 nitrogen and oxygen atoms in total. The second-order valence-electron chi connectivity index (χ2n) is 9.10. The Morgan fingerprint density at radius 1 is 0.853 bits per heavy atom. The summed E-state index contributed by atoms with van der Waals surface area (Å²) in [4.78, 5) is 15.5. The van der Waals surface area contributed by atoms with Crippen LogP contribution in [-0.4, -0.2) is 21.9 Å². The highest BCUT2D eigenvalue weighted by atomic mass is 19.1. The van der Waals surface area contributed by atoms with Gasteiger partial charge in [0.2, 0.25) is 0 Å². The zero-order valence-corrected chi connectivity index (χ0v) is 19.4. The molecule has 0 spiro atoms. The molecule has 0 saturated carbocycles. The molecule has 174 valence electrons. The fourth-order valence-electron chi connectivity index (χ4n) is 4.99. The van der Waals surface area contributed by atoms with Crippen molar-refractivity contribution in [1.29, 1.82) is 0 Å². The van der Waals surface area contributed by atoms with E-state index in [4.69, 9.17) is 0 Å². The lowest BCUT2D eigenvalue weighted by molar-refractivity contribution is 0.0716. The molecule has 0 N–H and O–H groups in total. The van der Waals surface area contributed by atoms with Crippen molar-refractivity contribution in [3.63, 3.8) is 0 Å². The van der Waals surface area contributed by atoms with Crippen molar-refractivity contribution >= 4 is 16.8 Å². The number of benzene rings is 3. The van der Waals surface area contributed by atoms with Crippen LogP contribution in [0.4, 0.5) is 8.78 Å². The number of carbonyl (C=O) groups excluding carboxylic acids is 1. The lowest BCUT2D eigenvalue weighted by Gasteiger charge is -2.28. The van der Waals surface area contributed by atoms with Crippen LogP contribution >= 0.6 is 0 Å². The van der Waals surface area contributed by atoms with Crippen LogP contribution in [0.1, 0.15) is 52.5 Å². The number of hydrogen-bond donors (Lipinski definition) is 0. The summed E-state index contributed by atoms with van der Waals surface area (Å²) in [7, 11) is 0. The Morgan fingerprint density at radius 3 is 2.24 bits per heavy atom. The highest BCUT2D eigenvalue weighted by molar-refractivity contribution is 6.03. The van der Waals surface area contributed by atoms with Crippen LogP contribution in [-0.2, 0) is 25.9 Å². The van der Waals surface area contributed by atoms with Gasteiger partial charge in [0.25, 0.3) is 5.91 Å². The normalized spacial score (nSPS) is 13.5. The number of nitrogens with zero attached hydrogens (tertiary/aromatic N) is 2. The number of rotatable bonds is 7. The van der Waals surface area contributed by atoms with Crippen LogP contribution in [0.25, 0.3) is 10.9 Å². The summed E-state index contributed by atoms with van der Waals surface area (Å²) >= 11 is 0. The fourth-order valence-corrected chi connectivity index (χ4v) is 4.99. The molecule has 1 amide bonds. The average molecular weight is 459 g/mol. The van der Waals surface area contributed by atoms with Gasteiger partial charge in [0.05, 0.1) is 0 Å². The lowest BCUT2D eigenvalue weighted by Crippen LogP contribution is -2.38. The predicted octanol–water partition coefficient (Wildman–Crippen LogP) is 6.51. The minimum atomic E-state index is -0.303. The largest absolute Gasteiger partial charge is 0.333 e. The number of fused-ring (bicyclic) bond motifs is 3. The van der Waals surface area contributed by atoms with E-state index in [0.717, 1.165) is 53.3 Å². The Balaban J connectivity index is 1.58. The number of hydrogen-bond acceptors (Lipinski definition) is 1. The summed E-state index contributed by atoms with van der Waals surface area (Å²) in [6.45, 7) is 3.54. The molecule has 34 heavy (non-hydrogen) atoms. The monoisotopic (exact) mass is 458 g/mol. The van der Waals surface area contributed by atoms with Crippen molar-refractivity contribution in [2.45, 2.75) is 45.7 Å². The van der Waals surface area contributed by atoms with E-state index in [0.29, 0.717) is 25.3 Å². The summed E-state index contributed by atoms with van der Waals surface area (Å²) in [5.41, 5.74) is 5.57. The number of aryl methyl sites for hydroxylation is 1. The molecule has 0 atom stereocenters. The van der Waals surface area contributed by atoms with Gasteiger partial charge in [-0.2, -0.15) is 0 Å². The van der Waals surface area contributed by atoms with Gasteiger partial charge in [-0.25, -0.2) is 8.78 Å². The topological polar surface area (TPSA) is 25.2 Å². The van der Waals surface area contributed by atoms with Crippen LogP contribution in [0.3, 0.4) is 0 Å². The van der Waals surface area contributed by atoms with Crippen molar-refractivity contribution in [1.82, 2.24) is 9.47 Å². The SMILES string of the molecule is CCCCc1ccc2c(c1)c1c(n2Cc2cccc(F)c2)C(=O)N(Cc2cccc(F)c2)CC1. The van der Waals surface area contributed by atoms with Gasteiger partial charge in [-0.05, 0) is 77.9 Å². The number of amides is 1. The summed E-state index contributed by atoms with van der Waals surface area (Å²) in [5.74, 6) is -0.653. The summed E-state index contributed by atoms with van der Waals surface area (Å²) in [5, 5.41) is 1.11. The van der Waals surface area contributed by atoms with Crippen LogP contribution < -0.4 is 0 Å². The first-order valence-electron chi connectivity index (χ1n) is 12.0. The summed E-state index contributed by atoms with van der Waals surface area (Å²) < 4.78 is 29.7. The molecule has 0 fully saturated rings. The van der Waals surface area contributed by atoms with Crippen LogP contribution in [0.2, 0.25) is 0 Å². The highest BCUT2D eigenvalue weighted by Crippen LogP contribution is 2.33. The van der Waals surface area contributed by atoms with E-state index in [9.17, 15) is 13.6 Å². The number of unbranched alkanes of at least 4 members (excludes halogenated alkanes) is 1. The van der Waals surface area contributed by atoms with Gasteiger partial charge in [0.1, 0.15) is 17.3 Å². The molecule has 5 rings (SSSR count). The molecular weight excluding hydrogens is 430 g/mol. The van der Waals surface area contributed by atoms with E-state index >= 15 is 0 Å². The second-order valence-corrected chi connectivity index (χ2v) is 9.10. The van der Waals surface area contributed by atoms with E-state index in [1.54, 1.807) is 17.0 Å². The Morgan fingerprint density at radius 2 is 1.56 bits per heavy atom. The Kier molecular flexibility index (Phi) is 6.18. The Labute approximate surface area is 198 Å². The molecular formula is C29H28F2N2O. The van der Waals surface area contributed by atoms with Crippen molar-refractivity contribution < 1.29 is 13.6 Å². The molecule has 2 heterocycles. The van der Waals surface area contributed by atoms with Gasteiger partial charge in [0, 0.05) is 30.5 Å². The Bertz CT molecular complexity index is 1360. The van der Waals surface area contributed by atoms with Crippen LogP contribution in [0.5, 0.6) is 0 Å². The maximum Gasteiger partial charge on any atom is 0.271 e. The van der Waals surface area contributed by atoms with Gasteiger partial charge in [0.15, 0.2) is 0 Å². The highest BCUT2D eigenvalue weighted by Gasteiger charge is 2.31. The summed E-state index contributed by atoms with van der Waals surface area (Å²) in [6.07, 6.45) is 4.00. The molecule has 0 radical (unpaired) electrons. The standard InChI is InChI=1S/C29H28F2N2O/c1-2-3-6-20-11-12-27-26(17-20)25-13-14-32(18-21-7-4-9-23(30)15-21)29(34)28(25)33(27)19-22-8-5-10-24(31)16-22/h4-5,7-12,15-17H,2-3,6,13-14,18-19H2,1H3. The maximum atomic E-state index is 13.9.